The first kappa shape index (κ1) is 17.9. The molecule has 1 amide bonds. The highest BCUT2D eigenvalue weighted by molar-refractivity contribution is 7.14. The molecule has 0 saturated heterocycles. The number of anilines is 1. The molecule has 24 heavy (non-hydrogen) atoms. The van der Waals surface area contributed by atoms with E-state index in [1.165, 1.54) is 11.3 Å². The minimum Gasteiger partial charge on any atom is -0.493 e. The number of ether oxygens (including phenoxy) is 2. The molecule has 6 nitrogen and oxygen atoms in total. The molecule has 0 atom stereocenters. The Balaban J connectivity index is 1.80. The molecule has 0 aliphatic rings. The van der Waals surface area contributed by atoms with Gasteiger partial charge in [-0.2, -0.15) is 0 Å². The Kier molecular flexibility index (Phi) is 6.31. The van der Waals surface area contributed by atoms with Crippen molar-refractivity contribution in [3.63, 3.8) is 0 Å². The van der Waals surface area contributed by atoms with E-state index in [1.807, 2.05) is 26.0 Å². The Morgan fingerprint density at radius 1 is 1.21 bits per heavy atom. The molecular formula is C17H20N2O4S. The molecule has 0 saturated carbocycles. The number of aromatic nitrogens is 1. The van der Waals surface area contributed by atoms with E-state index in [9.17, 15) is 9.59 Å². The molecule has 2 aromatic rings. The van der Waals surface area contributed by atoms with E-state index in [0.29, 0.717) is 5.13 Å². The van der Waals surface area contributed by atoms with Crippen LogP contribution in [0.1, 0.15) is 35.0 Å². The Bertz CT molecular complexity index is 707. The van der Waals surface area contributed by atoms with Crippen LogP contribution >= 0.6 is 11.3 Å². The van der Waals surface area contributed by atoms with Crippen molar-refractivity contribution in [3.05, 3.63) is 40.4 Å². The molecule has 128 valence electrons. The number of nitrogens with zero attached hydrogens (tertiary/aromatic N) is 1. The van der Waals surface area contributed by atoms with E-state index in [1.54, 1.807) is 12.3 Å². The second-order valence-corrected chi connectivity index (χ2v) is 6.09. The molecule has 1 aromatic carbocycles. The second-order valence-electron chi connectivity index (χ2n) is 5.23. The monoisotopic (exact) mass is 348 g/mol. The van der Waals surface area contributed by atoms with Gasteiger partial charge in [-0.25, -0.2) is 9.78 Å². The Morgan fingerprint density at radius 2 is 1.92 bits per heavy atom. The molecule has 0 unspecified atom stereocenters. The van der Waals surface area contributed by atoms with Crippen LogP contribution in [0, 0.1) is 13.8 Å². The van der Waals surface area contributed by atoms with Crippen LogP contribution in [0.3, 0.4) is 0 Å². The predicted molar refractivity (Wildman–Crippen MR) is 92.7 cm³/mol. The number of thiazole rings is 1. The average molecular weight is 348 g/mol. The maximum atomic E-state index is 11.9. The van der Waals surface area contributed by atoms with Crippen LogP contribution in [0.25, 0.3) is 0 Å². The summed E-state index contributed by atoms with van der Waals surface area (Å²) in [5.41, 5.74) is 2.43. The molecule has 0 bridgehead atoms. The lowest BCUT2D eigenvalue weighted by molar-refractivity contribution is -0.116. The third-order valence-corrected chi connectivity index (χ3v) is 3.79. The largest absolute Gasteiger partial charge is 0.493 e. The number of aryl methyl sites for hydroxylation is 2. The first-order chi connectivity index (χ1) is 11.5. The van der Waals surface area contributed by atoms with Gasteiger partial charge in [0.2, 0.25) is 5.91 Å². The van der Waals surface area contributed by atoms with Gasteiger partial charge in [0, 0.05) is 5.38 Å². The van der Waals surface area contributed by atoms with Gasteiger partial charge in [0.25, 0.3) is 0 Å². The maximum absolute atomic E-state index is 11.9. The summed E-state index contributed by atoms with van der Waals surface area (Å²) in [6.45, 7) is 6.27. The summed E-state index contributed by atoms with van der Waals surface area (Å²) < 4.78 is 10.5. The fraction of sp³-hybridized carbons (Fsp3) is 0.353. The normalized spacial score (nSPS) is 10.3. The Labute approximate surface area is 144 Å². The molecule has 2 rings (SSSR count). The molecule has 0 radical (unpaired) electrons. The number of amides is 1. The van der Waals surface area contributed by atoms with E-state index < -0.39 is 5.97 Å². The molecule has 0 fully saturated rings. The van der Waals surface area contributed by atoms with Crippen molar-refractivity contribution in [2.45, 2.75) is 27.2 Å². The van der Waals surface area contributed by atoms with Crippen molar-refractivity contribution >= 4 is 28.3 Å². The van der Waals surface area contributed by atoms with E-state index in [2.05, 4.69) is 16.4 Å². The number of nitrogens with one attached hydrogen (secondary N) is 1. The predicted octanol–water partition coefficient (Wildman–Crippen LogP) is 3.34. The van der Waals surface area contributed by atoms with Crippen LogP contribution in [-0.4, -0.2) is 30.1 Å². The fourth-order valence-electron chi connectivity index (χ4n) is 2.09. The third kappa shape index (κ3) is 5.34. The van der Waals surface area contributed by atoms with Gasteiger partial charge in [-0.15, -0.1) is 11.3 Å². The second kappa shape index (κ2) is 8.44. The zero-order valence-electron chi connectivity index (χ0n) is 13.9. The number of hydrogen-bond donors (Lipinski definition) is 1. The van der Waals surface area contributed by atoms with Crippen LogP contribution in [0.15, 0.2) is 23.6 Å². The first-order valence-corrected chi connectivity index (χ1v) is 8.49. The highest BCUT2D eigenvalue weighted by atomic mass is 32.1. The number of esters is 1. The lowest BCUT2D eigenvalue weighted by atomic mass is 10.1. The molecule has 1 heterocycles. The summed E-state index contributed by atoms with van der Waals surface area (Å²) in [4.78, 5) is 27.4. The minimum absolute atomic E-state index is 0.196. The third-order valence-electron chi connectivity index (χ3n) is 3.03. The topological polar surface area (TPSA) is 77.5 Å². The summed E-state index contributed by atoms with van der Waals surface area (Å²) >= 11 is 1.18. The summed E-state index contributed by atoms with van der Waals surface area (Å²) in [6.07, 6.45) is 0.196. The van der Waals surface area contributed by atoms with Gasteiger partial charge in [-0.1, -0.05) is 6.07 Å². The van der Waals surface area contributed by atoms with Crippen LogP contribution in [0.5, 0.6) is 5.75 Å². The minimum atomic E-state index is -0.493. The van der Waals surface area contributed by atoms with Crippen LogP contribution in [-0.2, 0) is 9.53 Å². The molecule has 1 aromatic heterocycles. The van der Waals surface area contributed by atoms with Crippen LogP contribution in [0.2, 0.25) is 0 Å². The summed E-state index contributed by atoms with van der Waals surface area (Å²) in [5, 5.41) is 4.57. The van der Waals surface area contributed by atoms with Crippen LogP contribution < -0.4 is 10.1 Å². The number of benzene rings is 1. The first-order valence-electron chi connectivity index (χ1n) is 7.61. The lowest BCUT2D eigenvalue weighted by Crippen LogP contribution is -2.15. The molecule has 0 spiro atoms. The smallest absolute Gasteiger partial charge is 0.357 e. The van der Waals surface area contributed by atoms with Crippen molar-refractivity contribution in [1.82, 2.24) is 4.98 Å². The SMILES string of the molecule is CCOC(=O)c1csc(NC(=O)CCOc2cc(C)cc(C)c2)n1. The van der Waals surface area contributed by atoms with E-state index in [-0.39, 0.29) is 31.2 Å². The van der Waals surface area contributed by atoms with E-state index in [0.717, 1.165) is 16.9 Å². The van der Waals surface area contributed by atoms with Crippen LogP contribution in [0.4, 0.5) is 5.13 Å². The molecule has 1 N–H and O–H groups in total. The highest BCUT2D eigenvalue weighted by Crippen LogP contribution is 2.18. The summed E-state index contributed by atoms with van der Waals surface area (Å²) in [6, 6.07) is 5.91. The van der Waals surface area contributed by atoms with Gasteiger partial charge in [-0.3, -0.25) is 4.79 Å². The molecular weight excluding hydrogens is 328 g/mol. The number of carbonyl (C=O) groups is 2. The summed E-state index contributed by atoms with van der Waals surface area (Å²) in [5.74, 6) is 0.0377. The van der Waals surface area contributed by atoms with Gasteiger partial charge in [0.05, 0.1) is 19.6 Å². The van der Waals surface area contributed by atoms with Gasteiger partial charge >= 0.3 is 5.97 Å². The maximum Gasteiger partial charge on any atom is 0.357 e. The van der Waals surface area contributed by atoms with Crippen molar-refractivity contribution in [1.29, 1.82) is 0 Å². The average Bonchev–Trinajstić information content (AvgIpc) is 2.95. The summed E-state index contributed by atoms with van der Waals surface area (Å²) in [7, 11) is 0. The molecule has 7 heteroatoms. The van der Waals surface area contributed by atoms with Crippen molar-refractivity contribution in [3.8, 4) is 5.75 Å². The van der Waals surface area contributed by atoms with Gasteiger partial charge < -0.3 is 14.8 Å². The van der Waals surface area contributed by atoms with E-state index >= 15 is 0 Å². The van der Waals surface area contributed by atoms with Crippen molar-refractivity contribution in [2.24, 2.45) is 0 Å². The van der Waals surface area contributed by atoms with Crippen molar-refractivity contribution in [2.75, 3.05) is 18.5 Å². The number of hydrogen-bond acceptors (Lipinski definition) is 6. The standard InChI is InChI=1S/C17H20N2O4S/c1-4-22-16(21)14-10-24-17(18-14)19-15(20)5-6-23-13-8-11(2)7-12(3)9-13/h7-10H,4-6H2,1-3H3,(H,18,19,20). The van der Waals surface area contributed by atoms with Gasteiger partial charge in [-0.05, 0) is 44.0 Å². The quantitative estimate of drug-likeness (QED) is 0.777. The fourth-order valence-corrected chi connectivity index (χ4v) is 2.79. The zero-order chi connectivity index (χ0) is 17.5. The number of rotatable bonds is 7. The molecule has 0 aliphatic carbocycles. The highest BCUT2D eigenvalue weighted by Gasteiger charge is 2.13. The Morgan fingerprint density at radius 3 is 2.58 bits per heavy atom. The van der Waals surface area contributed by atoms with Crippen molar-refractivity contribution < 1.29 is 19.1 Å². The lowest BCUT2D eigenvalue weighted by Gasteiger charge is -2.08. The molecule has 0 aliphatic heterocycles. The van der Waals surface area contributed by atoms with E-state index in [4.69, 9.17) is 9.47 Å². The Hall–Kier alpha value is -2.41. The van der Waals surface area contributed by atoms with Gasteiger partial charge in [0.15, 0.2) is 10.8 Å². The zero-order valence-corrected chi connectivity index (χ0v) is 14.7. The van der Waals surface area contributed by atoms with Gasteiger partial charge in [0.1, 0.15) is 5.75 Å². The number of carbonyl (C=O) groups excluding carboxylic acids is 2.